The molecule has 0 spiro atoms. The van der Waals surface area contributed by atoms with Crippen LogP contribution in [0.1, 0.15) is 36.9 Å². The number of rotatable bonds is 8. The number of hydrogen-bond donors (Lipinski definition) is 0. The molecule has 0 saturated carbocycles. The van der Waals surface area contributed by atoms with Gasteiger partial charge in [-0.05, 0) is 62.4 Å². The van der Waals surface area contributed by atoms with E-state index in [0.29, 0.717) is 47.4 Å². The van der Waals surface area contributed by atoms with E-state index in [1.54, 1.807) is 38.1 Å². The van der Waals surface area contributed by atoms with Crippen molar-refractivity contribution in [1.82, 2.24) is 17.9 Å². The van der Waals surface area contributed by atoms with Crippen LogP contribution in [0.2, 0.25) is 0 Å². The van der Waals surface area contributed by atoms with Crippen molar-refractivity contribution in [2.75, 3.05) is 0 Å². The lowest BCUT2D eigenvalue weighted by molar-refractivity contribution is 0.481. The Kier molecular flexibility index (Phi) is 6.56. The maximum atomic E-state index is 13.0. The Morgan fingerprint density at radius 1 is 0.657 bits per heavy atom. The molecule has 4 rings (SSSR count). The van der Waals surface area contributed by atoms with Gasteiger partial charge in [-0.2, -0.15) is 0 Å². The summed E-state index contributed by atoms with van der Waals surface area (Å²) in [5, 5.41) is 0. The van der Waals surface area contributed by atoms with Crippen LogP contribution in [0.5, 0.6) is 11.5 Å². The van der Waals surface area contributed by atoms with Gasteiger partial charge in [0.15, 0.2) is 0 Å². The molecule has 0 saturated heterocycles. The molecule has 0 atom stereocenters. The zero-order valence-corrected chi connectivity index (χ0v) is 21.5. The fourth-order valence-corrected chi connectivity index (χ4v) is 6.55. The van der Waals surface area contributed by atoms with E-state index in [-0.39, 0.29) is 9.79 Å². The monoisotopic (exact) mass is 514 g/mol. The van der Waals surface area contributed by atoms with Crippen molar-refractivity contribution in [1.29, 1.82) is 0 Å². The maximum absolute atomic E-state index is 13.0. The van der Waals surface area contributed by atoms with Gasteiger partial charge in [0, 0.05) is 25.2 Å². The normalized spacial score (nSPS) is 12.1. The summed E-state index contributed by atoms with van der Waals surface area (Å²) >= 11 is 0. The summed E-state index contributed by atoms with van der Waals surface area (Å²) in [7, 11) is -7.56. The lowest BCUT2D eigenvalue weighted by Gasteiger charge is -2.11. The molecule has 184 valence electrons. The molecule has 11 heteroatoms. The molecule has 4 aromatic rings. The standard InChI is InChI=1S/C24H26N4O5S2/c1-5-23-25-17(3)15-27(23)34(29,30)21-11-7-19(8-12-21)33-20-9-13-22(14-10-20)35(31,32)28-16-18(4)26-24(28)6-2/h7-16H,5-6H2,1-4H3. The van der Waals surface area contributed by atoms with E-state index in [2.05, 4.69) is 9.97 Å². The van der Waals surface area contributed by atoms with E-state index >= 15 is 0 Å². The maximum Gasteiger partial charge on any atom is 0.269 e. The van der Waals surface area contributed by atoms with Crippen molar-refractivity contribution >= 4 is 20.0 Å². The van der Waals surface area contributed by atoms with E-state index in [1.807, 2.05) is 13.8 Å². The Bertz CT molecular complexity index is 1450. The van der Waals surface area contributed by atoms with E-state index in [0.717, 1.165) is 0 Å². The fraction of sp³-hybridized carbons (Fsp3) is 0.250. The molecule has 35 heavy (non-hydrogen) atoms. The van der Waals surface area contributed by atoms with Gasteiger partial charge in [0.05, 0.1) is 21.2 Å². The molecule has 9 nitrogen and oxygen atoms in total. The number of nitrogens with zero attached hydrogens (tertiary/aromatic N) is 4. The summed E-state index contributed by atoms with van der Waals surface area (Å²) in [6.45, 7) is 7.19. The highest BCUT2D eigenvalue weighted by atomic mass is 32.2. The number of aryl methyl sites for hydroxylation is 4. The van der Waals surface area contributed by atoms with Gasteiger partial charge in [0.1, 0.15) is 23.1 Å². The predicted molar refractivity (Wildman–Crippen MR) is 131 cm³/mol. The molecule has 0 fully saturated rings. The van der Waals surface area contributed by atoms with Crippen LogP contribution in [0.15, 0.2) is 70.7 Å². The lowest BCUT2D eigenvalue weighted by atomic mass is 10.3. The summed E-state index contributed by atoms with van der Waals surface area (Å²) < 4.78 is 60.2. The molecular formula is C24H26N4O5S2. The molecule has 0 N–H and O–H groups in total. The minimum Gasteiger partial charge on any atom is -0.457 e. The van der Waals surface area contributed by atoms with Crippen LogP contribution in [0.25, 0.3) is 0 Å². The van der Waals surface area contributed by atoms with Crippen LogP contribution in [0.4, 0.5) is 0 Å². The second-order valence-corrected chi connectivity index (χ2v) is 11.6. The Labute approximate surface area is 205 Å². The van der Waals surface area contributed by atoms with Crippen molar-refractivity contribution < 1.29 is 21.6 Å². The number of ether oxygens (including phenoxy) is 1. The van der Waals surface area contributed by atoms with Gasteiger partial charge in [-0.25, -0.2) is 34.7 Å². The third kappa shape index (κ3) is 4.73. The molecule has 0 aliphatic carbocycles. The number of aromatic nitrogens is 4. The Hall–Kier alpha value is -3.44. The first-order valence-corrected chi connectivity index (χ1v) is 13.9. The van der Waals surface area contributed by atoms with E-state index in [9.17, 15) is 16.8 Å². The predicted octanol–water partition coefficient (Wildman–Crippen LogP) is 4.09. The highest BCUT2D eigenvalue weighted by Gasteiger charge is 2.22. The minimum atomic E-state index is -3.78. The third-order valence-corrected chi connectivity index (χ3v) is 8.76. The molecule has 0 aliphatic rings. The Morgan fingerprint density at radius 3 is 1.31 bits per heavy atom. The minimum absolute atomic E-state index is 0.112. The SMILES string of the molecule is CCc1nc(C)cn1S(=O)(=O)c1ccc(Oc2ccc(S(=O)(=O)n3cc(C)nc3CC)cc2)cc1. The molecule has 0 aliphatic heterocycles. The first kappa shape index (κ1) is 24.7. The fourth-order valence-electron chi connectivity index (χ4n) is 3.66. The first-order chi connectivity index (χ1) is 16.6. The average molecular weight is 515 g/mol. The third-order valence-electron chi connectivity index (χ3n) is 5.36. The summed E-state index contributed by atoms with van der Waals surface area (Å²) in [6.07, 6.45) is 3.98. The van der Waals surface area contributed by atoms with Crippen molar-refractivity contribution in [3.8, 4) is 11.5 Å². The van der Waals surface area contributed by atoms with Crippen LogP contribution in [-0.2, 0) is 32.9 Å². The Balaban J connectivity index is 1.54. The average Bonchev–Trinajstić information content (AvgIpc) is 3.42. The van der Waals surface area contributed by atoms with Gasteiger partial charge in [-0.15, -0.1) is 0 Å². The summed E-state index contributed by atoms with van der Waals surface area (Å²) in [6, 6.07) is 12.1. The van der Waals surface area contributed by atoms with Crippen molar-refractivity contribution in [3.63, 3.8) is 0 Å². The number of benzene rings is 2. The summed E-state index contributed by atoms with van der Waals surface area (Å²) in [4.78, 5) is 8.74. The van der Waals surface area contributed by atoms with Crippen LogP contribution in [-0.4, -0.2) is 34.7 Å². The molecule has 0 unspecified atom stereocenters. The molecular weight excluding hydrogens is 488 g/mol. The lowest BCUT2D eigenvalue weighted by Crippen LogP contribution is -2.15. The van der Waals surface area contributed by atoms with Crippen molar-refractivity contribution in [2.45, 2.75) is 50.3 Å². The molecule has 0 radical (unpaired) electrons. The highest BCUT2D eigenvalue weighted by molar-refractivity contribution is 7.90. The quantitative estimate of drug-likeness (QED) is 0.348. The molecule has 2 heterocycles. The molecule has 0 bridgehead atoms. The topological polar surface area (TPSA) is 113 Å². The zero-order chi connectivity index (χ0) is 25.4. The van der Waals surface area contributed by atoms with Crippen LogP contribution in [0, 0.1) is 13.8 Å². The van der Waals surface area contributed by atoms with E-state index < -0.39 is 20.0 Å². The molecule has 2 aromatic carbocycles. The second-order valence-electron chi connectivity index (χ2n) is 7.95. The van der Waals surface area contributed by atoms with Gasteiger partial charge in [-0.3, -0.25) is 0 Å². The van der Waals surface area contributed by atoms with E-state index in [4.69, 9.17) is 4.74 Å². The van der Waals surface area contributed by atoms with Gasteiger partial charge >= 0.3 is 0 Å². The van der Waals surface area contributed by atoms with Gasteiger partial charge in [0.2, 0.25) is 0 Å². The number of imidazole rings is 2. The molecule has 2 aromatic heterocycles. The summed E-state index contributed by atoms with van der Waals surface area (Å²) in [5.41, 5.74) is 1.26. The zero-order valence-electron chi connectivity index (χ0n) is 19.8. The Morgan fingerprint density at radius 2 is 1.00 bits per heavy atom. The van der Waals surface area contributed by atoms with E-state index in [1.165, 1.54) is 44.6 Å². The summed E-state index contributed by atoms with van der Waals surface area (Å²) in [5.74, 6) is 1.76. The number of hydrogen-bond acceptors (Lipinski definition) is 7. The first-order valence-electron chi connectivity index (χ1n) is 11.0. The van der Waals surface area contributed by atoms with Crippen molar-refractivity contribution in [3.05, 3.63) is 84.0 Å². The van der Waals surface area contributed by atoms with Gasteiger partial charge in [-0.1, -0.05) is 13.8 Å². The van der Waals surface area contributed by atoms with Crippen molar-refractivity contribution in [2.24, 2.45) is 0 Å². The van der Waals surface area contributed by atoms with Crippen LogP contribution in [0.3, 0.4) is 0 Å². The smallest absolute Gasteiger partial charge is 0.269 e. The van der Waals surface area contributed by atoms with Crippen LogP contribution >= 0.6 is 0 Å². The van der Waals surface area contributed by atoms with Crippen LogP contribution < -0.4 is 4.74 Å². The van der Waals surface area contributed by atoms with Gasteiger partial charge in [0.25, 0.3) is 20.0 Å². The van der Waals surface area contributed by atoms with Gasteiger partial charge < -0.3 is 4.74 Å². The largest absolute Gasteiger partial charge is 0.457 e. The molecule has 0 amide bonds. The second kappa shape index (κ2) is 9.31. The highest BCUT2D eigenvalue weighted by Crippen LogP contribution is 2.26.